The molecule has 1 N–H and O–H groups in total. The number of nitrogens with one attached hydrogen (secondary N) is 1. The van der Waals surface area contributed by atoms with Crippen LogP contribution < -0.4 is 5.32 Å². The second kappa shape index (κ2) is 6.65. The van der Waals surface area contributed by atoms with Crippen LogP contribution in [0.4, 0.5) is 11.4 Å². The Hall–Kier alpha value is -2.62. The van der Waals surface area contributed by atoms with Crippen molar-refractivity contribution in [2.75, 3.05) is 12.4 Å². The van der Waals surface area contributed by atoms with Crippen molar-refractivity contribution in [1.82, 2.24) is 0 Å². The van der Waals surface area contributed by atoms with Crippen molar-refractivity contribution >= 4 is 23.6 Å². The van der Waals surface area contributed by atoms with Crippen molar-refractivity contribution in [2.24, 2.45) is 0 Å². The molecule has 0 spiro atoms. The summed E-state index contributed by atoms with van der Waals surface area (Å²) in [5, 5.41) is 3.21. The normalized spacial score (nSPS) is 10.3. The number of carbonyl (C=O) groups excluding carboxylic acids is 2. The van der Waals surface area contributed by atoms with E-state index in [0.29, 0.717) is 22.5 Å². The van der Waals surface area contributed by atoms with Crippen molar-refractivity contribution in [2.45, 2.75) is 27.7 Å². The number of ether oxygens (including phenoxy) is 1. The predicted octanol–water partition coefficient (Wildman–Crippen LogP) is 4.26. The summed E-state index contributed by atoms with van der Waals surface area (Å²) in [6.45, 7) is 7.77. The van der Waals surface area contributed by atoms with Gasteiger partial charge in [0.05, 0.1) is 18.4 Å². The van der Waals surface area contributed by atoms with Crippen molar-refractivity contribution in [3.63, 3.8) is 0 Å². The molecular weight excluding hydrogens is 290 g/mol. The summed E-state index contributed by atoms with van der Waals surface area (Å²) in [7, 11) is 1.36. The molecule has 2 aromatic carbocycles. The third kappa shape index (κ3) is 3.26. The molecule has 120 valence electrons. The molecule has 0 amide bonds. The SMILES string of the molecule is COC(=O)c1c(Nc2cc(C)c(C)cc2C=O)ccc(C)c1C. The zero-order chi connectivity index (χ0) is 17.1. The molecule has 0 heterocycles. The van der Waals surface area contributed by atoms with E-state index in [0.717, 1.165) is 28.5 Å². The number of rotatable bonds is 4. The highest BCUT2D eigenvalue weighted by Gasteiger charge is 2.17. The first-order valence-corrected chi connectivity index (χ1v) is 7.41. The van der Waals surface area contributed by atoms with E-state index in [2.05, 4.69) is 5.32 Å². The summed E-state index contributed by atoms with van der Waals surface area (Å²) in [6.07, 6.45) is 0.813. The Balaban J connectivity index is 2.57. The number of methoxy groups -OCH3 is 1. The number of carbonyl (C=O) groups is 2. The fraction of sp³-hybridized carbons (Fsp3) is 0.263. The topological polar surface area (TPSA) is 55.4 Å². The zero-order valence-electron chi connectivity index (χ0n) is 14.1. The molecule has 4 nitrogen and oxygen atoms in total. The minimum absolute atomic E-state index is 0.398. The molecule has 0 aromatic heterocycles. The van der Waals surface area contributed by atoms with Crippen LogP contribution in [0.5, 0.6) is 0 Å². The Morgan fingerprint density at radius 3 is 2.26 bits per heavy atom. The van der Waals surface area contributed by atoms with Gasteiger partial charge in [0.1, 0.15) is 0 Å². The van der Waals surface area contributed by atoms with Crippen LogP contribution in [0.1, 0.15) is 43.0 Å². The molecule has 2 aromatic rings. The van der Waals surface area contributed by atoms with Gasteiger partial charge in [0.2, 0.25) is 0 Å². The summed E-state index contributed by atoms with van der Waals surface area (Å²) >= 11 is 0. The molecule has 0 radical (unpaired) electrons. The summed E-state index contributed by atoms with van der Waals surface area (Å²) in [5.74, 6) is -0.398. The predicted molar refractivity (Wildman–Crippen MR) is 91.8 cm³/mol. The smallest absolute Gasteiger partial charge is 0.340 e. The molecular formula is C19H21NO3. The summed E-state index contributed by atoms with van der Waals surface area (Å²) < 4.78 is 4.90. The average molecular weight is 311 g/mol. The van der Waals surface area contributed by atoms with Crippen molar-refractivity contribution < 1.29 is 14.3 Å². The van der Waals surface area contributed by atoms with E-state index in [9.17, 15) is 9.59 Å². The number of hydrogen-bond acceptors (Lipinski definition) is 4. The fourth-order valence-corrected chi connectivity index (χ4v) is 2.47. The third-order valence-electron chi connectivity index (χ3n) is 4.19. The summed E-state index contributed by atoms with van der Waals surface area (Å²) in [4.78, 5) is 23.5. The Morgan fingerprint density at radius 2 is 1.65 bits per heavy atom. The van der Waals surface area contributed by atoms with Crippen LogP contribution in [-0.2, 0) is 4.74 Å². The van der Waals surface area contributed by atoms with Crippen LogP contribution in [0.15, 0.2) is 24.3 Å². The number of anilines is 2. The van der Waals surface area contributed by atoms with Gasteiger partial charge in [-0.1, -0.05) is 6.07 Å². The van der Waals surface area contributed by atoms with Gasteiger partial charge in [0.15, 0.2) is 6.29 Å². The standard InChI is InChI=1S/C19H21NO3/c1-11-6-7-16(18(14(11)4)19(22)23-5)20-17-9-13(3)12(2)8-15(17)10-21/h6-10,20H,1-5H3. The van der Waals surface area contributed by atoms with E-state index >= 15 is 0 Å². The van der Waals surface area contributed by atoms with E-state index in [-0.39, 0.29) is 0 Å². The van der Waals surface area contributed by atoms with Crippen molar-refractivity contribution in [1.29, 1.82) is 0 Å². The van der Waals surface area contributed by atoms with E-state index in [4.69, 9.17) is 4.74 Å². The molecule has 2 rings (SSSR count). The van der Waals surface area contributed by atoms with Crippen LogP contribution in [0.2, 0.25) is 0 Å². The van der Waals surface area contributed by atoms with Crippen LogP contribution in [0.25, 0.3) is 0 Å². The maximum Gasteiger partial charge on any atom is 0.340 e. The largest absolute Gasteiger partial charge is 0.465 e. The molecule has 0 bridgehead atoms. The molecule has 0 aliphatic heterocycles. The molecule has 0 aliphatic carbocycles. The van der Waals surface area contributed by atoms with E-state index in [1.165, 1.54) is 7.11 Å². The Labute approximate surface area is 136 Å². The zero-order valence-corrected chi connectivity index (χ0v) is 14.1. The van der Waals surface area contributed by atoms with Gasteiger partial charge in [-0.2, -0.15) is 0 Å². The lowest BCUT2D eigenvalue weighted by Crippen LogP contribution is -2.10. The highest BCUT2D eigenvalue weighted by atomic mass is 16.5. The van der Waals surface area contributed by atoms with E-state index < -0.39 is 5.97 Å². The summed E-state index contributed by atoms with van der Waals surface area (Å²) in [5.41, 5.74) is 6.34. The molecule has 0 saturated heterocycles. The van der Waals surface area contributed by atoms with Gasteiger partial charge in [-0.25, -0.2) is 4.79 Å². The first-order valence-electron chi connectivity index (χ1n) is 7.41. The Morgan fingerprint density at radius 1 is 1.00 bits per heavy atom. The van der Waals surface area contributed by atoms with Gasteiger partial charge in [0.25, 0.3) is 0 Å². The van der Waals surface area contributed by atoms with Gasteiger partial charge in [0, 0.05) is 11.3 Å². The second-order valence-electron chi connectivity index (χ2n) is 5.69. The second-order valence-corrected chi connectivity index (χ2v) is 5.69. The molecule has 23 heavy (non-hydrogen) atoms. The van der Waals surface area contributed by atoms with Gasteiger partial charge in [-0.15, -0.1) is 0 Å². The fourth-order valence-electron chi connectivity index (χ4n) is 2.47. The maximum absolute atomic E-state index is 12.1. The van der Waals surface area contributed by atoms with Gasteiger partial charge < -0.3 is 10.1 Å². The average Bonchev–Trinajstić information content (AvgIpc) is 2.53. The number of aryl methyl sites for hydroxylation is 3. The Kier molecular flexibility index (Phi) is 4.84. The molecule has 4 heteroatoms. The monoisotopic (exact) mass is 311 g/mol. The number of aldehydes is 1. The number of benzene rings is 2. The van der Waals surface area contributed by atoms with E-state index in [1.807, 2.05) is 52.0 Å². The van der Waals surface area contributed by atoms with Crippen LogP contribution in [0.3, 0.4) is 0 Å². The Bertz CT molecular complexity index is 779. The number of hydrogen-bond donors (Lipinski definition) is 1. The molecule has 0 saturated carbocycles. The van der Waals surface area contributed by atoms with Crippen molar-refractivity contribution in [3.8, 4) is 0 Å². The van der Waals surface area contributed by atoms with E-state index in [1.54, 1.807) is 0 Å². The van der Waals surface area contributed by atoms with Crippen LogP contribution in [0, 0.1) is 27.7 Å². The van der Waals surface area contributed by atoms with Gasteiger partial charge in [-0.3, -0.25) is 4.79 Å². The van der Waals surface area contributed by atoms with Crippen LogP contribution in [-0.4, -0.2) is 19.4 Å². The first kappa shape index (κ1) is 16.7. The van der Waals surface area contributed by atoms with Crippen molar-refractivity contribution in [3.05, 3.63) is 57.6 Å². The number of esters is 1. The highest BCUT2D eigenvalue weighted by molar-refractivity contribution is 5.99. The highest BCUT2D eigenvalue weighted by Crippen LogP contribution is 2.29. The third-order valence-corrected chi connectivity index (χ3v) is 4.19. The first-order chi connectivity index (χ1) is 10.9. The minimum Gasteiger partial charge on any atom is -0.465 e. The minimum atomic E-state index is -0.398. The molecule has 0 atom stereocenters. The maximum atomic E-state index is 12.1. The molecule has 0 unspecified atom stereocenters. The van der Waals surface area contributed by atoms with Gasteiger partial charge in [-0.05, 0) is 68.1 Å². The lowest BCUT2D eigenvalue weighted by molar-refractivity contribution is 0.0601. The lowest BCUT2D eigenvalue weighted by Gasteiger charge is -2.17. The molecule has 0 aliphatic rings. The van der Waals surface area contributed by atoms with Gasteiger partial charge >= 0.3 is 5.97 Å². The molecule has 0 fully saturated rings. The van der Waals surface area contributed by atoms with Crippen LogP contribution >= 0.6 is 0 Å². The quantitative estimate of drug-likeness (QED) is 0.677. The summed E-state index contributed by atoms with van der Waals surface area (Å²) in [6, 6.07) is 7.52. The lowest BCUT2D eigenvalue weighted by atomic mass is 10.00.